The van der Waals surface area contributed by atoms with Gasteiger partial charge >= 0.3 is 0 Å². The highest BCUT2D eigenvalue weighted by atomic mass is 32.2. The fraction of sp³-hybridized carbons (Fsp3) is 0.368. The molecule has 0 atom stereocenters. The number of hydrogen-bond donors (Lipinski definition) is 1. The van der Waals surface area contributed by atoms with Crippen LogP contribution in [0.5, 0.6) is 0 Å². The minimum absolute atomic E-state index is 0.0896. The van der Waals surface area contributed by atoms with Gasteiger partial charge in [0.05, 0.1) is 21.9 Å². The van der Waals surface area contributed by atoms with Gasteiger partial charge in [-0.05, 0) is 61.9 Å². The van der Waals surface area contributed by atoms with E-state index in [1.54, 1.807) is 6.92 Å². The highest BCUT2D eigenvalue weighted by molar-refractivity contribution is 7.85. The van der Waals surface area contributed by atoms with E-state index in [2.05, 4.69) is 31.9 Å². The molecule has 2 aliphatic rings. The van der Waals surface area contributed by atoms with Crippen LogP contribution in [-0.4, -0.2) is 24.6 Å². The van der Waals surface area contributed by atoms with Crippen molar-refractivity contribution in [2.24, 2.45) is 10.5 Å². The Morgan fingerprint density at radius 2 is 1.73 bits per heavy atom. The molecular formula is C19H22N2O4S. The number of hydrogen-bond acceptors (Lipinski definition) is 4. The number of anilines is 1. The second-order valence-electron chi connectivity index (χ2n) is 7.68. The topological polar surface area (TPSA) is 87.0 Å². The molecule has 138 valence electrons. The zero-order chi connectivity index (χ0) is 19.3. The van der Waals surface area contributed by atoms with Gasteiger partial charge in [0, 0.05) is 0 Å². The first kappa shape index (κ1) is 18.5. The van der Waals surface area contributed by atoms with Gasteiger partial charge in [-0.15, -0.1) is 0 Å². The lowest BCUT2D eigenvalue weighted by Crippen LogP contribution is -2.24. The van der Waals surface area contributed by atoms with Gasteiger partial charge in [-0.3, -0.25) is 9.35 Å². The second kappa shape index (κ2) is 6.17. The van der Waals surface area contributed by atoms with Crippen LogP contribution in [0.2, 0.25) is 0 Å². The Morgan fingerprint density at radius 3 is 2.27 bits per heavy atom. The molecule has 1 heterocycles. The van der Waals surface area contributed by atoms with Crippen molar-refractivity contribution in [1.29, 1.82) is 0 Å². The number of nitrogens with zero attached hydrogens (tertiary/aromatic N) is 2. The summed E-state index contributed by atoms with van der Waals surface area (Å²) >= 11 is 0. The molecule has 1 aromatic rings. The molecule has 0 radical (unpaired) electrons. The van der Waals surface area contributed by atoms with E-state index in [-0.39, 0.29) is 16.2 Å². The molecule has 1 aliphatic carbocycles. The summed E-state index contributed by atoms with van der Waals surface area (Å²) in [4.78, 5) is 12.7. The third kappa shape index (κ3) is 3.50. The van der Waals surface area contributed by atoms with Crippen LogP contribution < -0.4 is 5.01 Å². The predicted octanol–water partition coefficient (Wildman–Crippen LogP) is 3.72. The maximum atomic E-state index is 13.0. The lowest BCUT2D eigenvalue weighted by molar-refractivity contribution is -0.114. The van der Waals surface area contributed by atoms with Crippen LogP contribution in [0.25, 0.3) is 0 Å². The number of rotatable bonds is 2. The molecule has 26 heavy (non-hydrogen) atoms. The lowest BCUT2D eigenvalue weighted by atomic mass is 9.74. The number of carbonyl (C=O) groups is 1. The first-order chi connectivity index (χ1) is 12.0. The van der Waals surface area contributed by atoms with Gasteiger partial charge in [-0.25, -0.2) is 0 Å². The minimum Gasteiger partial charge on any atom is -0.282 e. The van der Waals surface area contributed by atoms with Crippen molar-refractivity contribution >= 4 is 27.4 Å². The van der Waals surface area contributed by atoms with Gasteiger partial charge < -0.3 is 0 Å². The zero-order valence-corrected chi connectivity index (χ0v) is 16.1. The number of allylic oxidation sites excluding steroid dienone is 3. The van der Waals surface area contributed by atoms with Crippen LogP contribution >= 0.6 is 0 Å². The van der Waals surface area contributed by atoms with E-state index in [1.165, 1.54) is 34.8 Å². The molecule has 0 fully saturated rings. The monoisotopic (exact) mass is 374 g/mol. The first-order valence-corrected chi connectivity index (χ1v) is 9.80. The Hall–Kier alpha value is -2.25. The molecule has 1 N–H and O–H groups in total. The molecule has 3 rings (SSSR count). The van der Waals surface area contributed by atoms with E-state index < -0.39 is 10.1 Å². The van der Waals surface area contributed by atoms with Crippen molar-refractivity contribution in [3.8, 4) is 0 Å². The van der Waals surface area contributed by atoms with Crippen molar-refractivity contribution in [2.45, 2.75) is 45.4 Å². The Kier molecular flexibility index (Phi) is 4.40. The van der Waals surface area contributed by atoms with Crippen LogP contribution in [-0.2, 0) is 14.9 Å². The highest BCUT2D eigenvalue weighted by Gasteiger charge is 2.34. The zero-order valence-electron chi connectivity index (χ0n) is 15.3. The number of amides is 1. The Morgan fingerprint density at radius 1 is 1.12 bits per heavy atom. The summed E-state index contributed by atoms with van der Waals surface area (Å²) in [5.74, 6) is -0.223. The third-order valence-electron chi connectivity index (χ3n) is 4.57. The first-order valence-electron chi connectivity index (χ1n) is 8.36. The van der Waals surface area contributed by atoms with Gasteiger partial charge in [0.2, 0.25) is 0 Å². The summed E-state index contributed by atoms with van der Waals surface area (Å²) in [5, 5.41) is 5.64. The molecule has 1 amide bonds. The largest absolute Gasteiger partial charge is 0.294 e. The number of carbonyl (C=O) groups excluding carboxylic acids is 1. The summed E-state index contributed by atoms with van der Waals surface area (Å²) in [5.41, 5.74) is 4.02. The van der Waals surface area contributed by atoms with Gasteiger partial charge in [0.25, 0.3) is 16.0 Å². The normalized spacial score (nSPS) is 23.1. The highest BCUT2D eigenvalue weighted by Crippen LogP contribution is 2.40. The van der Waals surface area contributed by atoms with Gasteiger partial charge in [0.1, 0.15) is 0 Å². The summed E-state index contributed by atoms with van der Waals surface area (Å²) in [6, 6.07) is 5.41. The van der Waals surface area contributed by atoms with Crippen LogP contribution in [0.4, 0.5) is 5.69 Å². The van der Waals surface area contributed by atoms with Crippen LogP contribution in [0.3, 0.4) is 0 Å². The number of benzene rings is 1. The second-order valence-corrected chi connectivity index (χ2v) is 9.10. The molecule has 0 saturated heterocycles. The van der Waals surface area contributed by atoms with Crippen molar-refractivity contribution < 1.29 is 17.8 Å². The average molecular weight is 374 g/mol. The number of hydrazone groups is 1. The maximum Gasteiger partial charge on any atom is 0.294 e. The average Bonchev–Trinajstić information content (AvgIpc) is 2.79. The maximum absolute atomic E-state index is 13.0. The Bertz CT molecular complexity index is 967. The minimum atomic E-state index is -4.27. The Labute approximate surface area is 153 Å². The predicted molar refractivity (Wildman–Crippen MR) is 101 cm³/mol. The van der Waals surface area contributed by atoms with Gasteiger partial charge in [-0.1, -0.05) is 25.5 Å². The SMILES string of the molecule is CC1=C/C(=C2/C(=O)N(c3ccc(S(=O)(=O)O)cc3)N=C2C)CC(C)(C)C1. The fourth-order valence-electron chi connectivity index (χ4n) is 3.70. The summed E-state index contributed by atoms with van der Waals surface area (Å²) < 4.78 is 31.4. The molecule has 1 aliphatic heterocycles. The molecule has 1 aromatic carbocycles. The smallest absolute Gasteiger partial charge is 0.282 e. The molecule has 6 nitrogen and oxygen atoms in total. The molecule has 7 heteroatoms. The summed E-state index contributed by atoms with van der Waals surface area (Å²) in [6.07, 6.45) is 3.87. The molecule has 0 unspecified atom stereocenters. The van der Waals surface area contributed by atoms with Gasteiger partial charge in [-0.2, -0.15) is 18.5 Å². The molecule has 0 bridgehead atoms. The Balaban J connectivity index is 1.99. The van der Waals surface area contributed by atoms with Crippen LogP contribution in [0.15, 0.2) is 57.1 Å². The van der Waals surface area contributed by atoms with Crippen molar-refractivity contribution in [2.75, 3.05) is 5.01 Å². The fourth-order valence-corrected chi connectivity index (χ4v) is 4.18. The standard InChI is InChI=1S/C19H22N2O4S/c1-12-9-14(11-19(3,4)10-12)17-13(2)20-21(18(17)22)15-5-7-16(8-6-15)26(23,24)25/h5-9H,10-11H2,1-4H3,(H,23,24,25)/b17-14-. The van der Waals surface area contributed by atoms with Crippen molar-refractivity contribution in [3.63, 3.8) is 0 Å². The van der Waals surface area contributed by atoms with Crippen LogP contribution in [0, 0.1) is 5.41 Å². The van der Waals surface area contributed by atoms with Crippen LogP contribution in [0.1, 0.15) is 40.5 Å². The van der Waals surface area contributed by atoms with E-state index in [0.29, 0.717) is 17.0 Å². The molecule has 0 spiro atoms. The molecule has 0 aromatic heterocycles. The van der Waals surface area contributed by atoms with E-state index >= 15 is 0 Å². The van der Waals surface area contributed by atoms with E-state index in [4.69, 9.17) is 4.55 Å². The molecular weight excluding hydrogens is 352 g/mol. The van der Waals surface area contributed by atoms with Crippen molar-refractivity contribution in [3.05, 3.63) is 47.1 Å². The van der Waals surface area contributed by atoms with E-state index in [1.807, 2.05) is 0 Å². The summed E-state index contributed by atoms with van der Waals surface area (Å²) in [7, 11) is -4.27. The quantitative estimate of drug-likeness (QED) is 0.631. The van der Waals surface area contributed by atoms with Gasteiger partial charge in [0.15, 0.2) is 0 Å². The lowest BCUT2D eigenvalue weighted by Gasteiger charge is -2.31. The summed E-state index contributed by atoms with van der Waals surface area (Å²) in [6.45, 7) is 8.24. The molecule has 0 saturated carbocycles. The van der Waals surface area contributed by atoms with Crippen molar-refractivity contribution in [1.82, 2.24) is 0 Å². The van der Waals surface area contributed by atoms with E-state index in [0.717, 1.165) is 18.4 Å². The van der Waals surface area contributed by atoms with E-state index in [9.17, 15) is 13.2 Å². The third-order valence-corrected chi connectivity index (χ3v) is 5.43.